The van der Waals surface area contributed by atoms with Gasteiger partial charge < -0.3 is 18.9 Å². The smallest absolute Gasteiger partial charge is 0.377 e. The normalized spacial score (nSPS) is 32.2. The molecule has 6 nitrogen and oxygen atoms in total. The van der Waals surface area contributed by atoms with Gasteiger partial charge in [0.1, 0.15) is 6.04 Å². The molecule has 0 heterocycles. The molecule has 6 heteroatoms. The number of likely N-dealkylation sites (N-methyl/N-ethyl adjacent to an activating group) is 2. The maximum absolute atomic E-state index is 12.9. The predicted molar refractivity (Wildman–Crippen MR) is 105 cm³/mol. The lowest BCUT2D eigenvalue weighted by atomic mass is 9.68. The van der Waals surface area contributed by atoms with E-state index >= 15 is 0 Å². The van der Waals surface area contributed by atoms with E-state index in [1.165, 1.54) is 6.42 Å². The van der Waals surface area contributed by atoms with Crippen LogP contribution in [0.5, 0.6) is 0 Å². The van der Waals surface area contributed by atoms with Gasteiger partial charge in [-0.2, -0.15) is 0 Å². The van der Waals surface area contributed by atoms with E-state index in [0.29, 0.717) is 12.0 Å². The fourth-order valence-corrected chi connectivity index (χ4v) is 6.30. The maximum Gasteiger partial charge on any atom is 0.377 e. The Hall–Kier alpha value is -1.14. The van der Waals surface area contributed by atoms with Gasteiger partial charge in [0.25, 0.3) is 6.04 Å². The van der Waals surface area contributed by atoms with Crippen LogP contribution in [0.3, 0.4) is 0 Å². The van der Waals surface area contributed by atoms with E-state index in [4.69, 9.17) is 9.47 Å². The van der Waals surface area contributed by atoms with Gasteiger partial charge >= 0.3 is 11.9 Å². The van der Waals surface area contributed by atoms with Crippen LogP contribution >= 0.6 is 0 Å². The third-order valence-electron chi connectivity index (χ3n) is 7.76. The van der Waals surface area contributed by atoms with E-state index in [-0.39, 0.29) is 34.6 Å². The molecule has 0 amide bonds. The highest BCUT2D eigenvalue weighted by Gasteiger charge is 2.73. The molecular formula is C21H39N2O4+. The Labute approximate surface area is 164 Å². The predicted octanol–water partition coefficient (Wildman–Crippen LogP) is 2.31. The molecule has 2 fully saturated rings. The fraction of sp³-hybridized carbons (Fsp3) is 0.905. The number of carbonyl (C=O) groups excluding carboxylic acids is 2. The summed E-state index contributed by atoms with van der Waals surface area (Å²) in [4.78, 5) is 28.0. The van der Waals surface area contributed by atoms with Crippen LogP contribution in [0.1, 0.15) is 47.5 Å². The number of carbonyl (C=O) groups is 2. The van der Waals surface area contributed by atoms with Gasteiger partial charge in [-0.1, -0.05) is 20.8 Å². The molecule has 0 aromatic heterocycles. The SMILES string of the molecule is CCOC(=O)C(C(=O)OCC)[N+](C)(C)[C@@H]1[C@@H](N(C)C)[C@@H]2CC[C@]1(C)C2(C)C. The molecule has 2 saturated carbocycles. The largest absolute Gasteiger partial charge is 0.461 e. The second-order valence-corrected chi connectivity index (χ2v) is 9.72. The molecule has 0 unspecified atom stereocenters. The fourth-order valence-electron chi connectivity index (χ4n) is 6.30. The van der Waals surface area contributed by atoms with Gasteiger partial charge in [0.2, 0.25) is 0 Å². The minimum atomic E-state index is -0.968. The minimum Gasteiger partial charge on any atom is -0.461 e. The van der Waals surface area contributed by atoms with E-state index in [1.54, 1.807) is 13.8 Å². The summed E-state index contributed by atoms with van der Waals surface area (Å²) in [5.41, 5.74) is 0.156. The third kappa shape index (κ3) is 3.19. The van der Waals surface area contributed by atoms with Gasteiger partial charge in [-0.25, -0.2) is 9.59 Å². The number of fused-ring (bicyclic) bond motifs is 2. The lowest BCUT2D eigenvalue weighted by molar-refractivity contribution is -0.932. The highest BCUT2D eigenvalue weighted by Crippen LogP contribution is 2.68. The summed E-state index contributed by atoms with van der Waals surface area (Å²) in [7, 11) is 8.23. The van der Waals surface area contributed by atoms with E-state index in [2.05, 4.69) is 39.8 Å². The third-order valence-corrected chi connectivity index (χ3v) is 7.76. The lowest BCUT2D eigenvalue weighted by Gasteiger charge is -2.52. The number of ether oxygens (including phenoxy) is 2. The van der Waals surface area contributed by atoms with Crippen molar-refractivity contribution in [2.75, 3.05) is 41.4 Å². The van der Waals surface area contributed by atoms with Crippen molar-refractivity contribution in [1.29, 1.82) is 0 Å². The van der Waals surface area contributed by atoms with Crippen LogP contribution in [-0.4, -0.2) is 80.9 Å². The quantitative estimate of drug-likeness (QED) is 0.384. The van der Waals surface area contributed by atoms with Gasteiger partial charge in [-0.3, -0.25) is 0 Å². The van der Waals surface area contributed by atoms with Crippen molar-refractivity contribution in [3.63, 3.8) is 0 Å². The summed E-state index contributed by atoms with van der Waals surface area (Å²) < 4.78 is 10.9. The first-order chi connectivity index (χ1) is 12.4. The summed E-state index contributed by atoms with van der Waals surface area (Å²) in [6, 6.07) is -0.551. The van der Waals surface area contributed by atoms with Crippen LogP contribution in [0, 0.1) is 16.7 Å². The molecule has 2 aliphatic carbocycles. The maximum atomic E-state index is 12.9. The number of quaternary nitrogens is 1. The molecule has 0 spiro atoms. The van der Waals surface area contributed by atoms with Gasteiger partial charge in [-0.05, 0) is 52.1 Å². The van der Waals surface area contributed by atoms with Gasteiger partial charge in [0.05, 0.1) is 33.4 Å². The van der Waals surface area contributed by atoms with Crippen molar-refractivity contribution in [3.05, 3.63) is 0 Å². The topological polar surface area (TPSA) is 55.8 Å². The summed E-state index contributed by atoms with van der Waals surface area (Å²) >= 11 is 0. The van der Waals surface area contributed by atoms with Gasteiger partial charge in [-0.15, -0.1) is 0 Å². The summed E-state index contributed by atoms with van der Waals surface area (Å²) in [5.74, 6) is -0.435. The zero-order valence-corrected chi connectivity index (χ0v) is 18.7. The Balaban J connectivity index is 2.55. The molecule has 0 aliphatic heterocycles. The number of rotatable bonds is 7. The Bertz CT molecular complexity index is 569. The molecule has 0 saturated heterocycles. The molecule has 0 N–H and O–H groups in total. The number of hydrogen-bond donors (Lipinski definition) is 0. The lowest BCUT2D eigenvalue weighted by Crippen LogP contribution is -2.70. The summed E-state index contributed by atoms with van der Waals surface area (Å²) in [5, 5.41) is 0. The Morgan fingerprint density at radius 1 is 1.07 bits per heavy atom. The van der Waals surface area contributed by atoms with Gasteiger partial charge in [0.15, 0.2) is 0 Å². The van der Waals surface area contributed by atoms with Crippen molar-refractivity contribution in [1.82, 2.24) is 4.90 Å². The number of nitrogens with zero attached hydrogens (tertiary/aromatic N) is 2. The standard InChI is InChI=1S/C21H39N2O4/c1-10-26-18(24)16(19(25)27-11-2)23(8,9)17-15(22(6)7)14-12-13-21(17,5)20(14,3)4/h14-17H,10-13H2,1-9H3/q+1/t14-,15-,17+,21-/m0/s1. The molecule has 0 aromatic carbocycles. The van der Waals surface area contributed by atoms with E-state index in [9.17, 15) is 9.59 Å². The Morgan fingerprint density at radius 3 is 1.96 bits per heavy atom. The van der Waals surface area contributed by atoms with Crippen molar-refractivity contribution < 1.29 is 23.5 Å². The number of hydrogen-bond acceptors (Lipinski definition) is 5. The van der Waals surface area contributed by atoms with Gasteiger partial charge in [0, 0.05) is 5.41 Å². The van der Waals surface area contributed by atoms with Crippen LogP contribution in [0.25, 0.3) is 0 Å². The first-order valence-corrected chi connectivity index (χ1v) is 10.2. The molecule has 4 atom stereocenters. The summed E-state index contributed by atoms with van der Waals surface area (Å²) in [6.45, 7) is 11.1. The average Bonchev–Trinajstić information content (AvgIpc) is 2.86. The zero-order valence-electron chi connectivity index (χ0n) is 18.7. The summed E-state index contributed by atoms with van der Waals surface area (Å²) in [6.07, 6.45) is 2.30. The first-order valence-electron chi connectivity index (χ1n) is 10.2. The zero-order chi connectivity index (χ0) is 20.8. The second-order valence-electron chi connectivity index (χ2n) is 9.72. The Kier molecular flexibility index (Phi) is 6.04. The van der Waals surface area contributed by atoms with Crippen molar-refractivity contribution in [2.45, 2.75) is 65.6 Å². The van der Waals surface area contributed by atoms with E-state index < -0.39 is 18.0 Å². The van der Waals surface area contributed by atoms with Crippen LogP contribution in [0.4, 0.5) is 0 Å². The molecule has 2 aliphatic rings. The molecule has 27 heavy (non-hydrogen) atoms. The van der Waals surface area contributed by atoms with Crippen LogP contribution in [0.2, 0.25) is 0 Å². The van der Waals surface area contributed by atoms with Crippen molar-refractivity contribution in [3.8, 4) is 0 Å². The molecule has 2 rings (SSSR count). The molecule has 2 bridgehead atoms. The first kappa shape index (κ1) is 22.2. The molecule has 0 aromatic rings. The van der Waals surface area contributed by atoms with Crippen LogP contribution in [0.15, 0.2) is 0 Å². The highest BCUT2D eigenvalue weighted by atomic mass is 16.6. The Morgan fingerprint density at radius 2 is 1.56 bits per heavy atom. The average molecular weight is 384 g/mol. The molecule has 156 valence electrons. The monoisotopic (exact) mass is 383 g/mol. The second kappa shape index (κ2) is 7.36. The molecule has 0 radical (unpaired) electrons. The van der Waals surface area contributed by atoms with Crippen LogP contribution < -0.4 is 0 Å². The van der Waals surface area contributed by atoms with Crippen molar-refractivity contribution >= 4 is 11.9 Å². The van der Waals surface area contributed by atoms with E-state index in [0.717, 1.165) is 6.42 Å². The van der Waals surface area contributed by atoms with Crippen LogP contribution in [-0.2, 0) is 19.1 Å². The van der Waals surface area contributed by atoms with Crippen molar-refractivity contribution in [2.24, 2.45) is 16.7 Å². The highest BCUT2D eigenvalue weighted by molar-refractivity contribution is 5.97. The molecular weight excluding hydrogens is 344 g/mol. The minimum absolute atomic E-state index is 0.0212. The van der Waals surface area contributed by atoms with E-state index in [1.807, 2.05) is 14.1 Å². The number of esters is 2.